The number of hydrazine groups is 1. The molecule has 0 radical (unpaired) electrons. The number of aromatic nitrogens is 1. The Morgan fingerprint density at radius 2 is 2.12 bits per heavy atom. The van der Waals surface area contributed by atoms with Gasteiger partial charge < -0.3 is 5.43 Å². The summed E-state index contributed by atoms with van der Waals surface area (Å²) in [6.07, 6.45) is 2.06. The molecule has 1 aromatic carbocycles. The van der Waals surface area contributed by atoms with E-state index in [2.05, 4.69) is 58.4 Å². The number of nitrogens with two attached hydrogens (primary N) is 1. The molecule has 1 aromatic heterocycles. The van der Waals surface area contributed by atoms with E-state index in [0.29, 0.717) is 0 Å². The fourth-order valence-electron chi connectivity index (χ4n) is 2.01. The van der Waals surface area contributed by atoms with Crippen molar-refractivity contribution in [2.75, 3.05) is 5.43 Å². The number of hydrogen-bond donors (Lipinski definition) is 2. The van der Waals surface area contributed by atoms with E-state index in [1.165, 1.54) is 11.1 Å². The standard InChI is InChI=1S/C13H16BrN3/c1-3-4-9-7-10-5-8(2)6-11(14)12(10)16-13(9)17-15/h5-7H,3-4,15H2,1-2H3,(H,16,17). The Kier molecular flexibility index (Phi) is 3.64. The first kappa shape index (κ1) is 12.3. The number of rotatable bonds is 3. The summed E-state index contributed by atoms with van der Waals surface area (Å²) >= 11 is 3.54. The molecule has 0 aliphatic heterocycles. The predicted molar refractivity (Wildman–Crippen MR) is 76.0 cm³/mol. The van der Waals surface area contributed by atoms with Gasteiger partial charge in [-0.2, -0.15) is 0 Å². The van der Waals surface area contributed by atoms with Crippen molar-refractivity contribution < 1.29 is 0 Å². The van der Waals surface area contributed by atoms with Gasteiger partial charge in [0.2, 0.25) is 0 Å². The van der Waals surface area contributed by atoms with E-state index < -0.39 is 0 Å². The van der Waals surface area contributed by atoms with Crippen molar-refractivity contribution in [3.8, 4) is 0 Å². The Morgan fingerprint density at radius 1 is 1.35 bits per heavy atom. The van der Waals surface area contributed by atoms with Gasteiger partial charge in [-0.1, -0.05) is 13.3 Å². The maximum atomic E-state index is 5.52. The van der Waals surface area contributed by atoms with Crippen LogP contribution in [0.3, 0.4) is 0 Å². The first-order valence-corrected chi connectivity index (χ1v) is 6.51. The number of hydrogen-bond acceptors (Lipinski definition) is 3. The minimum atomic E-state index is 0.768. The third-order valence-corrected chi connectivity index (χ3v) is 3.36. The van der Waals surface area contributed by atoms with Gasteiger partial charge in [-0.25, -0.2) is 10.8 Å². The molecule has 90 valence electrons. The lowest BCUT2D eigenvalue weighted by Gasteiger charge is -2.10. The SMILES string of the molecule is CCCc1cc2cc(C)cc(Br)c2nc1NN. The molecule has 0 aliphatic rings. The molecule has 0 saturated heterocycles. The highest BCUT2D eigenvalue weighted by atomic mass is 79.9. The van der Waals surface area contributed by atoms with Crippen LogP contribution < -0.4 is 11.3 Å². The van der Waals surface area contributed by atoms with E-state index >= 15 is 0 Å². The van der Waals surface area contributed by atoms with Crippen molar-refractivity contribution in [3.63, 3.8) is 0 Å². The van der Waals surface area contributed by atoms with Crippen LogP contribution >= 0.6 is 15.9 Å². The van der Waals surface area contributed by atoms with Crippen LogP contribution in [-0.2, 0) is 6.42 Å². The molecule has 0 bridgehead atoms. The monoisotopic (exact) mass is 293 g/mol. The molecule has 0 fully saturated rings. The smallest absolute Gasteiger partial charge is 0.143 e. The molecule has 3 N–H and O–H groups in total. The molecule has 1 heterocycles. The lowest BCUT2D eigenvalue weighted by Crippen LogP contribution is -2.11. The zero-order chi connectivity index (χ0) is 12.4. The number of anilines is 1. The fourth-order valence-corrected chi connectivity index (χ4v) is 2.69. The third kappa shape index (κ3) is 2.42. The summed E-state index contributed by atoms with van der Waals surface area (Å²) < 4.78 is 1.01. The molecule has 0 saturated carbocycles. The number of nitrogen functional groups attached to an aromatic ring is 1. The molecule has 17 heavy (non-hydrogen) atoms. The molecule has 0 aliphatic carbocycles. The lowest BCUT2D eigenvalue weighted by molar-refractivity contribution is 0.917. The summed E-state index contributed by atoms with van der Waals surface area (Å²) in [6.45, 7) is 4.23. The van der Waals surface area contributed by atoms with E-state index in [0.717, 1.165) is 34.0 Å². The number of nitrogens with zero attached hydrogens (tertiary/aromatic N) is 1. The van der Waals surface area contributed by atoms with E-state index in [9.17, 15) is 0 Å². The molecule has 4 heteroatoms. The van der Waals surface area contributed by atoms with Crippen LogP contribution in [0.1, 0.15) is 24.5 Å². The zero-order valence-corrected chi connectivity index (χ0v) is 11.6. The largest absolute Gasteiger partial charge is 0.308 e. The van der Waals surface area contributed by atoms with Crippen LogP contribution in [0.4, 0.5) is 5.82 Å². The van der Waals surface area contributed by atoms with Crippen molar-refractivity contribution in [1.82, 2.24) is 4.98 Å². The second-order valence-corrected chi connectivity index (χ2v) is 5.06. The Hall–Kier alpha value is -1.13. The van der Waals surface area contributed by atoms with Crippen molar-refractivity contribution in [2.45, 2.75) is 26.7 Å². The number of pyridine rings is 1. The van der Waals surface area contributed by atoms with Crippen molar-refractivity contribution >= 4 is 32.7 Å². The molecule has 0 spiro atoms. The minimum absolute atomic E-state index is 0.768. The van der Waals surface area contributed by atoms with E-state index in [4.69, 9.17) is 5.84 Å². The maximum absolute atomic E-state index is 5.52. The molecular formula is C13H16BrN3. The lowest BCUT2D eigenvalue weighted by atomic mass is 10.1. The third-order valence-electron chi connectivity index (χ3n) is 2.75. The Labute approximate surface area is 110 Å². The molecule has 0 amide bonds. The first-order chi connectivity index (χ1) is 8.15. The van der Waals surface area contributed by atoms with Crippen molar-refractivity contribution in [3.05, 3.63) is 33.8 Å². The highest BCUT2D eigenvalue weighted by Crippen LogP contribution is 2.28. The molecule has 0 atom stereocenters. The molecule has 3 nitrogen and oxygen atoms in total. The Balaban J connectivity index is 2.69. The number of fused-ring (bicyclic) bond motifs is 1. The van der Waals surface area contributed by atoms with Gasteiger partial charge in [0.25, 0.3) is 0 Å². The summed E-state index contributed by atoms with van der Waals surface area (Å²) in [5, 5.41) is 1.15. The average Bonchev–Trinajstić information content (AvgIpc) is 2.28. The second-order valence-electron chi connectivity index (χ2n) is 4.21. The van der Waals surface area contributed by atoms with Gasteiger partial charge in [0.15, 0.2) is 0 Å². The Morgan fingerprint density at radius 3 is 2.76 bits per heavy atom. The Bertz CT molecular complexity index is 552. The van der Waals surface area contributed by atoms with Gasteiger partial charge in [-0.15, -0.1) is 0 Å². The summed E-state index contributed by atoms with van der Waals surface area (Å²) in [4.78, 5) is 4.57. The van der Waals surface area contributed by atoms with E-state index in [1.807, 2.05) is 0 Å². The van der Waals surface area contributed by atoms with Gasteiger partial charge in [-0.3, -0.25) is 0 Å². The second kappa shape index (κ2) is 5.02. The van der Waals surface area contributed by atoms with Crippen LogP contribution in [0.25, 0.3) is 10.9 Å². The highest BCUT2D eigenvalue weighted by molar-refractivity contribution is 9.10. The molecule has 0 unspecified atom stereocenters. The predicted octanol–water partition coefficient (Wildman–Crippen LogP) is 3.54. The molecular weight excluding hydrogens is 278 g/mol. The van der Waals surface area contributed by atoms with Crippen LogP contribution in [-0.4, -0.2) is 4.98 Å². The van der Waals surface area contributed by atoms with E-state index in [1.54, 1.807) is 0 Å². The van der Waals surface area contributed by atoms with Gasteiger partial charge >= 0.3 is 0 Å². The van der Waals surface area contributed by atoms with Crippen LogP contribution in [0.15, 0.2) is 22.7 Å². The number of benzene rings is 1. The zero-order valence-electron chi connectivity index (χ0n) is 10.0. The molecule has 2 rings (SSSR count). The maximum Gasteiger partial charge on any atom is 0.143 e. The number of aryl methyl sites for hydroxylation is 2. The quantitative estimate of drug-likeness (QED) is 0.672. The summed E-state index contributed by atoms with van der Waals surface area (Å²) in [5.74, 6) is 6.29. The topological polar surface area (TPSA) is 50.9 Å². The first-order valence-electron chi connectivity index (χ1n) is 5.72. The highest BCUT2D eigenvalue weighted by Gasteiger charge is 2.08. The van der Waals surface area contributed by atoms with Gasteiger partial charge in [0.05, 0.1) is 5.52 Å². The van der Waals surface area contributed by atoms with Gasteiger partial charge in [0, 0.05) is 9.86 Å². The summed E-state index contributed by atoms with van der Waals surface area (Å²) in [6, 6.07) is 6.38. The van der Waals surface area contributed by atoms with Gasteiger partial charge in [-0.05, 0) is 58.6 Å². The normalized spacial score (nSPS) is 10.8. The summed E-state index contributed by atoms with van der Waals surface area (Å²) in [7, 11) is 0. The van der Waals surface area contributed by atoms with E-state index in [-0.39, 0.29) is 0 Å². The number of nitrogens with one attached hydrogen (secondary N) is 1. The average molecular weight is 294 g/mol. The van der Waals surface area contributed by atoms with Crippen molar-refractivity contribution in [1.29, 1.82) is 0 Å². The van der Waals surface area contributed by atoms with Crippen LogP contribution in [0.2, 0.25) is 0 Å². The van der Waals surface area contributed by atoms with Crippen LogP contribution in [0, 0.1) is 6.92 Å². The number of halogens is 1. The summed E-state index contributed by atoms with van der Waals surface area (Å²) in [5.41, 5.74) is 6.02. The fraction of sp³-hybridized carbons (Fsp3) is 0.308. The van der Waals surface area contributed by atoms with Crippen molar-refractivity contribution in [2.24, 2.45) is 5.84 Å². The minimum Gasteiger partial charge on any atom is -0.308 e. The molecule has 2 aromatic rings. The van der Waals surface area contributed by atoms with Gasteiger partial charge in [0.1, 0.15) is 5.82 Å². The van der Waals surface area contributed by atoms with Crippen LogP contribution in [0.5, 0.6) is 0 Å².